The molecule has 3 rings (SSSR count). The smallest absolute Gasteiger partial charge is 0.235 e. The summed E-state index contributed by atoms with van der Waals surface area (Å²) in [4.78, 5) is 12.5. The molecule has 22 heavy (non-hydrogen) atoms. The van der Waals surface area contributed by atoms with Crippen LogP contribution in [-0.4, -0.2) is 5.11 Å². The van der Waals surface area contributed by atoms with Crippen LogP contribution < -0.4 is 10.2 Å². The lowest BCUT2D eigenvalue weighted by atomic mass is 10.1. The Morgan fingerprint density at radius 3 is 2.50 bits per heavy atom. The highest BCUT2D eigenvalue weighted by atomic mass is 79.9. The second kappa shape index (κ2) is 5.50. The van der Waals surface area contributed by atoms with Gasteiger partial charge in [-0.3, -0.25) is 4.79 Å². The lowest BCUT2D eigenvalue weighted by Gasteiger charge is -2.12. The Kier molecular flexibility index (Phi) is 3.66. The fourth-order valence-electron chi connectivity index (χ4n) is 2.34. The van der Waals surface area contributed by atoms with Crippen molar-refractivity contribution in [3.8, 4) is 17.2 Å². The number of halogens is 1. The lowest BCUT2D eigenvalue weighted by molar-refractivity contribution is 0.444. The van der Waals surface area contributed by atoms with Crippen molar-refractivity contribution in [3.63, 3.8) is 0 Å². The maximum absolute atomic E-state index is 12.5. The zero-order valence-corrected chi connectivity index (χ0v) is 13.6. The van der Waals surface area contributed by atoms with Crippen LogP contribution in [0.15, 0.2) is 50.3 Å². The van der Waals surface area contributed by atoms with Crippen LogP contribution in [-0.2, 0) is 0 Å². The van der Waals surface area contributed by atoms with Gasteiger partial charge < -0.3 is 14.3 Å². The molecule has 112 valence electrons. The number of ether oxygens (including phenoxy) is 1. The summed E-state index contributed by atoms with van der Waals surface area (Å²) in [6, 6.07) is 8.20. The Hall–Kier alpha value is -2.27. The molecule has 0 atom stereocenters. The lowest BCUT2D eigenvalue weighted by Crippen LogP contribution is -2.06. The quantitative estimate of drug-likeness (QED) is 0.721. The zero-order valence-electron chi connectivity index (χ0n) is 12.0. The van der Waals surface area contributed by atoms with Crippen molar-refractivity contribution >= 4 is 26.9 Å². The summed E-state index contributed by atoms with van der Waals surface area (Å²) in [5, 5.41) is 9.79. The van der Waals surface area contributed by atoms with Crippen molar-refractivity contribution in [2.24, 2.45) is 0 Å². The average molecular weight is 361 g/mol. The highest BCUT2D eigenvalue weighted by Gasteiger charge is 2.13. The van der Waals surface area contributed by atoms with E-state index in [9.17, 15) is 9.90 Å². The minimum Gasteiger partial charge on any atom is -0.508 e. The summed E-state index contributed by atoms with van der Waals surface area (Å²) in [6.45, 7) is 3.82. The number of phenolic OH excluding ortho intramolecular Hbond substituents is 1. The predicted molar refractivity (Wildman–Crippen MR) is 87.8 cm³/mol. The number of aromatic hydroxyl groups is 1. The number of phenols is 1. The predicted octanol–water partition coefficient (Wildman–Crippen LogP) is 4.67. The first-order chi connectivity index (χ1) is 10.5. The molecule has 0 unspecified atom stereocenters. The van der Waals surface area contributed by atoms with E-state index in [1.165, 1.54) is 24.5 Å². The van der Waals surface area contributed by atoms with E-state index in [1.54, 1.807) is 0 Å². The van der Waals surface area contributed by atoms with Gasteiger partial charge in [0.05, 0.1) is 5.39 Å². The minimum absolute atomic E-state index is 0.0453. The molecule has 0 radical (unpaired) electrons. The van der Waals surface area contributed by atoms with Gasteiger partial charge in [-0.05, 0) is 49.2 Å². The first-order valence-corrected chi connectivity index (χ1v) is 7.44. The summed E-state index contributed by atoms with van der Waals surface area (Å²) in [7, 11) is 0. The van der Waals surface area contributed by atoms with Crippen molar-refractivity contribution in [3.05, 3.63) is 62.4 Å². The molecule has 4 nitrogen and oxygen atoms in total. The first kappa shape index (κ1) is 14.7. The molecule has 0 aliphatic carbocycles. The highest BCUT2D eigenvalue weighted by Crippen LogP contribution is 2.31. The largest absolute Gasteiger partial charge is 0.508 e. The molecule has 0 saturated heterocycles. The third kappa shape index (κ3) is 2.60. The van der Waals surface area contributed by atoms with Crippen LogP contribution in [0.4, 0.5) is 0 Å². The van der Waals surface area contributed by atoms with Crippen molar-refractivity contribution < 1.29 is 14.3 Å². The van der Waals surface area contributed by atoms with Gasteiger partial charge in [-0.1, -0.05) is 15.9 Å². The summed E-state index contributed by atoms with van der Waals surface area (Å²) >= 11 is 3.43. The average Bonchev–Trinajstić information content (AvgIpc) is 2.44. The monoisotopic (exact) mass is 360 g/mol. The van der Waals surface area contributed by atoms with Crippen molar-refractivity contribution in [2.45, 2.75) is 13.8 Å². The standard InChI is InChI=1S/C17H13BrO4/c1-9-5-11(18)6-10(2)17(9)22-15-8-21-14-7-12(19)3-4-13(14)16(15)20/h3-8,19H,1-2H3. The molecule has 1 aromatic heterocycles. The van der Waals surface area contributed by atoms with Crippen molar-refractivity contribution in [1.29, 1.82) is 0 Å². The molecule has 1 N–H and O–H groups in total. The molecule has 0 saturated carbocycles. The van der Waals surface area contributed by atoms with Gasteiger partial charge in [0.1, 0.15) is 23.3 Å². The molecule has 0 aliphatic rings. The molecular formula is C17H13BrO4. The number of fused-ring (bicyclic) bond motifs is 1. The normalized spacial score (nSPS) is 10.9. The minimum atomic E-state index is -0.275. The molecule has 2 aromatic carbocycles. The van der Waals surface area contributed by atoms with Crippen LogP contribution in [0.2, 0.25) is 0 Å². The molecule has 0 spiro atoms. The maximum Gasteiger partial charge on any atom is 0.235 e. The number of benzene rings is 2. The number of aryl methyl sites for hydroxylation is 2. The number of hydrogen-bond donors (Lipinski definition) is 1. The Morgan fingerprint density at radius 2 is 1.82 bits per heavy atom. The van der Waals surface area contributed by atoms with Gasteiger partial charge in [-0.2, -0.15) is 0 Å². The fraction of sp³-hybridized carbons (Fsp3) is 0.118. The van der Waals surface area contributed by atoms with Crippen LogP contribution in [0.5, 0.6) is 17.2 Å². The van der Waals surface area contributed by atoms with Crippen molar-refractivity contribution in [2.75, 3.05) is 0 Å². The molecule has 3 aromatic rings. The summed E-state index contributed by atoms with van der Waals surface area (Å²) in [6.07, 6.45) is 1.27. The van der Waals surface area contributed by atoms with E-state index in [-0.39, 0.29) is 16.9 Å². The summed E-state index contributed by atoms with van der Waals surface area (Å²) < 4.78 is 12.1. The van der Waals surface area contributed by atoms with Gasteiger partial charge in [0.25, 0.3) is 0 Å². The second-order valence-electron chi connectivity index (χ2n) is 5.08. The Morgan fingerprint density at radius 1 is 1.14 bits per heavy atom. The molecule has 0 amide bonds. The SMILES string of the molecule is Cc1cc(Br)cc(C)c1Oc1coc2cc(O)ccc2c1=O. The molecule has 0 bridgehead atoms. The van der Waals surface area contributed by atoms with E-state index in [2.05, 4.69) is 15.9 Å². The number of rotatable bonds is 2. The third-order valence-electron chi connectivity index (χ3n) is 3.36. The van der Waals surface area contributed by atoms with Crippen LogP contribution in [0.1, 0.15) is 11.1 Å². The second-order valence-corrected chi connectivity index (χ2v) is 6.00. The summed E-state index contributed by atoms with van der Waals surface area (Å²) in [5.74, 6) is 0.796. The highest BCUT2D eigenvalue weighted by molar-refractivity contribution is 9.10. The van der Waals surface area contributed by atoms with Gasteiger partial charge in [-0.15, -0.1) is 0 Å². The van der Waals surface area contributed by atoms with Gasteiger partial charge in [-0.25, -0.2) is 0 Å². The third-order valence-corrected chi connectivity index (χ3v) is 3.82. The first-order valence-electron chi connectivity index (χ1n) is 6.65. The molecule has 1 heterocycles. The fourth-order valence-corrected chi connectivity index (χ4v) is 3.02. The van der Waals surface area contributed by atoms with E-state index in [4.69, 9.17) is 9.15 Å². The Labute approximate surface area is 135 Å². The van der Waals surface area contributed by atoms with Crippen LogP contribution in [0.3, 0.4) is 0 Å². The molecule has 0 fully saturated rings. The summed E-state index contributed by atoms with van der Waals surface area (Å²) in [5.41, 5.74) is 1.87. The Bertz CT molecular complexity index is 905. The van der Waals surface area contributed by atoms with E-state index in [0.29, 0.717) is 16.7 Å². The van der Waals surface area contributed by atoms with Crippen LogP contribution >= 0.6 is 15.9 Å². The van der Waals surface area contributed by atoms with Gasteiger partial charge in [0.2, 0.25) is 11.2 Å². The van der Waals surface area contributed by atoms with Crippen LogP contribution in [0, 0.1) is 13.8 Å². The maximum atomic E-state index is 12.5. The molecule has 5 heteroatoms. The number of hydrogen-bond acceptors (Lipinski definition) is 4. The Balaban J connectivity index is 2.11. The van der Waals surface area contributed by atoms with Gasteiger partial charge in [0, 0.05) is 10.5 Å². The van der Waals surface area contributed by atoms with E-state index >= 15 is 0 Å². The zero-order chi connectivity index (χ0) is 15.9. The molecule has 0 aliphatic heterocycles. The van der Waals surface area contributed by atoms with E-state index < -0.39 is 0 Å². The molecular weight excluding hydrogens is 348 g/mol. The van der Waals surface area contributed by atoms with Crippen LogP contribution in [0.25, 0.3) is 11.0 Å². The van der Waals surface area contributed by atoms with E-state index in [1.807, 2.05) is 26.0 Å². The topological polar surface area (TPSA) is 59.7 Å². The van der Waals surface area contributed by atoms with Gasteiger partial charge >= 0.3 is 0 Å². The van der Waals surface area contributed by atoms with Gasteiger partial charge in [0.15, 0.2) is 0 Å². The van der Waals surface area contributed by atoms with Crippen molar-refractivity contribution in [1.82, 2.24) is 0 Å². The van der Waals surface area contributed by atoms with E-state index in [0.717, 1.165) is 15.6 Å².